The SMILES string of the molecule is CC(C)COc1cccc(NCCNCc2ccco2)c1. The van der Waals surface area contributed by atoms with Crippen molar-refractivity contribution in [3.63, 3.8) is 0 Å². The van der Waals surface area contributed by atoms with Gasteiger partial charge in [-0.2, -0.15) is 0 Å². The predicted octanol–water partition coefficient (Wildman–Crippen LogP) is 3.52. The normalized spacial score (nSPS) is 10.8. The van der Waals surface area contributed by atoms with Gasteiger partial charge in [-0.1, -0.05) is 19.9 Å². The summed E-state index contributed by atoms with van der Waals surface area (Å²) in [6, 6.07) is 12.0. The molecule has 0 aliphatic rings. The number of nitrogens with one attached hydrogen (secondary N) is 2. The van der Waals surface area contributed by atoms with Gasteiger partial charge >= 0.3 is 0 Å². The predicted molar refractivity (Wildman–Crippen MR) is 85.7 cm³/mol. The van der Waals surface area contributed by atoms with Crippen molar-refractivity contribution < 1.29 is 9.15 Å². The first kappa shape index (κ1) is 15.4. The molecule has 2 aromatic rings. The molecule has 0 amide bonds. The van der Waals surface area contributed by atoms with Gasteiger partial charge in [-0.15, -0.1) is 0 Å². The van der Waals surface area contributed by atoms with Gasteiger partial charge in [0.15, 0.2) is 0 Å². The van der Waals surface area contributed by atoms with Crippen molar-refractivity contribution in [2.45, 2.75) is 20.4 Å². The Bertz CT molecular complexity index is 509. The Morgan fingerprint density at radius 3 is 2.81 bits per heavy atom. The molecule has 0 aliphatic carbocycles. The van der Waals surface area contributed by atoms with E-state index in [1.54, 1.807) is 6.26 Å². The average molecular weight is 288 g/mol. The van der Waals surface area contributed by atoms with E-state index in [0.717, 1.165) is 43.4 Å². The number of benzene rings is 1. The van der Waals surface area contributed by atoms with Crippen molar-refractivity contribution in [3.8, 4) is 5.75 Å². The molecule has 4 heteroatoms. The van der Waals surface area contributed by atoms with E-state index in [2.05, 4.69) is 30.5 Å². The highest BCUT2D eigenvalue weighted by atomic mass is 16.5. The summed E-state index contributed by atoms with van der Waals surface area (Å²) >= 11 is 0. The lowest BCUT2D eigenvalue weighted by Gasteiger charge is -2.11. The summed E-state index contributed by atoms with van der Waals surface area (Å²) in [7, 11) is 0. The van der Waals surface area contributed by atoms with Gasteiger partial charge in [0.2, 0.25) is 0 Å². The van der Waals surface area contributed by atoms with Crippen LogP contribution >= 0.6 is 0 Å². The van der Waals surface area contributed by atoms with Crippen LogP contribution in [-0.2, 0) is 6.54 Å². The van der Waals surface area contributed by atoms with Crippen LogP contribution < -0.4 is 15.4 Å². The van der Waals surface area contributed by atoms with Crippen LogP contribution in [0.2, 0.25) is 0 Å². The summed E-state index contributed by atoms with van der Waals surface area (Å²) in [4.78, 5) is 0. The van der Waals surface area contributed by atoms with Gasteiger partial charge in [-0.25, -0.2) is 0 Å². The topological polar surface area (TPSA) is 46.4 Å². The second kappa shape index (κ2) is 8.37. The zero-order chi connectivity index (χ0) is 14.9. The Hall–Kier alpha value is -1.94. The van der Waals surface area contributed by atoms with Crippen molar-refractivity contribution in [2.75, 3.05) is 25.0 Å². The second-order valence-electron chi connectivity index (χ2n) is 5.42. The van der Waals surface area contributed by atoms with E-state index in [0.29, 0.717) is 5.92 Å². The number of furan rings is 1. The highest BCUT2D eigenvalue weighted by Gasteiger charge is 1.99. The van der Waals surface area contributed by atoms with Crippen molar-refractivity contribution >= 4 is 5.69 Å². The van der Waals surface area contributed by atoms with Crippen LogP contribution in [0.5, 0.6) is 5.75 Å². The number of anilines is 1. The van der Waals surface area contributed by atoms with E-state index in [1.807, 2.05) is 30.3 Å². The lowest BCUT2D eigenvalue weighted by atomic mass is 10.2. The molecule has 0 fully saturated rings. The second-order valence-corrected chi connectivity index (χ2v) is 5.42. The summed E-state index contributed by atoms with van der Waals surface area (Å²) in [6.07, 6.45) is 1.69. The molecule has 0 bridgehead atoms. The lowest BCUT2D eigenvalue weighted by molar-refractivity contribution is 0.271. The molecule has 1 aromatic heterocycles. The van der Waals surface area contributed by atoms with Gasteiger partial charge in [0.1, 0.15) is 11.5 Å². The highest BCUT2D eigenvalue weighted by Crippen LogP contribution is 2.17. The minimum absolute atomic E-state index is 0.535. The lowest BCUT2D eigenvalue weighted by Crippen LogP contribution is -2.21. The largest absolute Gasteiger partial charge is 0.493 e. The first-order valence-electron chi connectivity index (χ1n) is 7.44. The Morgan fingerprint density at radius 2 is 2.05 bits per heavy atom. The van der Waals surface area contributed by atoms with Crippen LogP contribution in [0.4, 0.5) is 5.69 Å². The van der Waals surface area contributed by atoms with E-state index < -0.39 is 0 Å². The summed E-state index contributed by atoms with van der Waals surface area (Å²) in [5, 5.41) is 6.70. The molecule has 2 N–H and O–H groups in total. The van der Waals surface area contributed by atoms with E-state index in [4.69, 9.17) is 9.15 Å². The smallest absolute Gasteiger partial charge is 0.121 e. The van der Waals surface area contributed by atoms with E-state index in [-0.39, 0.29) is 0 Å². The minimum atomic E-state index is 0.535. The number of rotatable bonds is 9. The van der Waals surface area contributed by atoms with Gasteiger partial charge in [-0.05, 0) is 30.2 Å². The van der Waals surface area contributed by atoms with Crippen LogP contribution in [0.1, 0.15) is 19.6 Å². The number of hydrogen-bond acceptors (Lipinski definition) is 4. The third-order valence-corrected chi connectivity index (χ3v) is 2.93. The molecule has 1 heterocycles. The van der Waals surface area contributed by atoms with Crippen LogP contribution in [0, 0.1) is 5.92 Å². The van der Waals surface area contributed by atoms with Gasteiger partial charge in [-0.3, -0.25) is 0 Å². The zero-order valence-corrected chi connectivity index (χ0v) is 12.8. The van der Waals surface area contributed by atoms with Crippen molar-refractivity contribution in [1.29, 1.82) is 0 Å². The Labute approximate surface area is 126 Å². The van der Waals surface area contributed by atoms with E-state index >= 15 is 0 Å². The van der Waals surface area contributed by atoms with Crippen LogP contribution in [0.15, 0.2) is 47.1 Å². The summed E-state index contributed by atoms with van der Waals surface area (Å²) < 4.78 is 11.0. The van der Waals surface area contributed by atoms with E-state index in [1.165, 1.54) is 0 Å². The molecule has 0 aliphatic heterocycles. The van der Waals surface area contributed by atoms with Gasteiger partial charge in [0.25, 0.3) is 0 Å². The first-order valence-corrected chi connectivity index (χ1v) is 7.44. The van der Waals surface area contributed by atoms with Gasteiger partial charge in [0, 0.05) is 24.8 Å². The maximum atomic E-state index is 5.72. The summed E-state index contributed by atoms with van der Waals surface area (Å²) in [5.41, 5.74) is 1.08. The molecule has 114 valence electrons. The Kier molecular flexibility index (Phi) is 6.16. The molecule has 0 atom stereocenters. The number of hydrogen-bond donors (Lipinski definition) is 2. The standard InChI is InChI=1S/C17H24N2O2/c1-14(2)13-21-16-6-3-5-15(11-16)19-9-8-18-12-17-7-4-10-20-17/h3-7,10-11,14,18-19H,8-9,12-13H2,1-2H3. The molecule has 0 saturated carbocycles. The fourth-order valence-electron chi connectivity index (χ4n) is 1.88. The summed E-state index contributed by atoms with van der Waals surface area (Å²) in [6.45, 7) is 7.52. The van der Waals surface area contributed by atoms with Crippen LogP contribution in [0.3, 0.4) is 0 Å². The maximum absolute atomic E-state index is 5.72. The molecular formula is C17H24N2O2. The zero-order valence-electron chi connectivity index (χ0n) is 12.8. The third kappa shape index (κ3) is 5.92. The minimum Gasteiger partial charge on any atom is -0.493 e. The molecule has 0 spiro atoms. The Morgan fingerprint density at radius 1 is 1.14 bits per heavy atom. The molecule has 1 aromatic carbocycles. The van der Waals surface area contributed by atoms with Crippen molar-refractivity contribution in [1.82, 2.24) is 5.32 Å². The molecule has 0 saturated heterocycles. The fourth-order valence-corrected chi connectivity index (χ4v) is 1.88. The van der Waals surface area contributed by atoms with Crippen molar-refractivity contribution in [3.05, 3.63) is 48.4 Å². The quantitative estimate of drug-likeness (QED) is 0.693. The van der Waals surface area contributed by atoms with Gasteiger partial charge in [0.05, 0.1) is 19.4 Å². The average Bonchev–Trinajstić information content (AvgIpc) is 2.98. The fraction of sp³-hybridized carbons (Fsp3) is 0.412. The first-order chi connectivity index (χ1) is 10.2. The van der Waals surface area contributed by atoms with Crippen LogP contribution in [0.25, 0.3) is 0 Å². The van der Waals surface area contributed by atoms with E-state index in [9.17, 15) is 0 Å². The van der Waals surface area contributed by atoms with Crippen LogP contribution in [-0.4, -0.2) is 19.7 Å². The molecule has 0 radical (unpaired) electrons. The Balaban J connectivity index is 1.66. The number of ether oxygens (including phenoxy) is 1. The third-order valence-electron chi connectivity index (χ3n) is 2.93. The molecule has 2 rings (SSSR count). The summed E-state index contributed by atoms with van der Waals surface area (Å²) in [5.74, 6) is 2.41. The monoisotopic (exact) mass is 288 g/mol. The molecule has 0 unspecified atom stereocenters. The highest BCUT2D eigenvalue weighted by molar-refractivity contribution is 5.48. The molecule has 21 heavy (non-hydrogen) atoms. The molecule has 4 nitrogen and oxygen atoms in total. The van der Waals surface area contributed by atoms with Gasteiger partial charge < -0.3 is 19.8 Å². The molecular weight excluding hydrogens is 264 g/mol. The van der Waals surface area contributed by atoms with Crippen molar-refractivity contribution in [2.24, 2.45) is 5.92 Å². The maximum Gasteiger partial charge on any atom is 0.121 e.